The molecule has 0 radical (unpaired) electrons. The van der Waals surface area contributed by atoms with E-state index in [2.05, 4.69) is 0 Å². The van der Waals surface area contributed by atoms with E-state index < -0.39 is 23.5 Å². The van der Waals surface area contributed by atoms with Gasteiger partial charge in [0.05, 0.1) is 7.11 Å². The number of hydrogen-bond acceptors (Lipinski definition) is 4. The molecule has 32 heavy (non-hydrogen) atoms. The van der Waals surface area contributed by atoms with Crippen molar-refractivity contribution < 1.29 is 27.5 Å². The fourth-order valence-electron chi connectivity index (χ4n) is 3.70. The second-order valence-corrected chi connectivity index (χ2v) is 7.76. The van der Waals surface area contributed by atoms with E-state index in [1.807, 2.05) is 0 Å². The SMILES string of the molecule is COc1ccc(C(=O)N2CCCCCN2C(=O)C[C@H](N)Cc2cc(F)c(F)cc2F)cc1. The zero-order valence-corrected chi connectivity index (χ0v) is 17.8. The molecule has 0 aromatic heterocycles. The molecule has 172 valence electrons. The van der Waals surface area contributed by atoms with Crippen molar-refractivity contribution in [3.05, 3.63) is 65.0 Å². The van der Waals surface area contributed by atoms with Gasteiger partial charge >= 0.3 is 0 Å². The van der Waals surface area contributed by atoms with Crippen LogP contribution in [-0.2, 0) is 11.2 Å². The highest BCUT2D eigenvalue weighted by Gasteiger charge is 2.29. The number of rotatable bonds is 6. The summed E-state index contributed by atoms with van der Waals surface area (Å²) >= 11 is 0. The number of carbonyl (C=O) groups excluding carboxylic acids is 2. The van der Waals surface area contributed by atoms with Crippen LogP contribution in [0.25, 0.3) is 0 Å². The highest BCUT2D eigenvalue weighted by atomic mass is 19.2. The summed E-state index contributed by atoms with van der Waals surface area (Å²) in [6.07, 6.45) is 2.02. The molecule has 1 heterocycles. The van der Waals surface area contributed by atoms with E-state index in [0.29, 0.717) is 30.5 Å². The summed E-state index contributed by atoms with van der Waals surface area (Å²) in [5.41, 5.74) is 6.34. The van der Waals surface area contributed by atoms with Gasteiger partial charge in [0.15, 0.2) is 11.6 Å². The van der Waals surface area contributed by atoms with Crippen LogP contribution in [0.5, 0.6) is 5.75 Å². The first kappa shape index (κ1) is 23.6. The largest absolute Gasteiger partial charge is 0.497 e. The molecule has 0 saturated carbocycles. The molecule has 1 fully saturated rings. The maximum Gasteiger partial charge on any atom is 0.272 e. The second-order valence-electron chi connectivity index (χ2n) is 7.76. The van der Waals surface area contributed by atoms with Crippen LogP contribution in [0.4, 0.5) is 13.2 Å². The van der Waals surface area contributed by atoms with Crippen molar-refractivity contribution in [3.63, 3.8) is 0 Å². The Bertz CT molecular complexity index is 969. The number of methoxy groups -OCH3 is 1. The molecule has 1 aliphatic rings. The van der Waals surface area contributed by atoms with E-state index in [1.54, 1.807) is 24.3 Å². The molecule has 0 unspecified atom stereocenters. The highest BCUT2D eigenvalue weighted by Crippen LogP contribution is 2.20. The molecular weight excluding hydrogens is 423 g/mol. The van der Waals surface area contributed by atoms with Crippen LogP contribution in [0.2, 0.25) is 0 Å². The number of ether oxygens (including phenoxy) is 1. The number of hydrazine groups is 1. The Morgan fingerprint density at radius 2 is 1.59 bits per heavy atom. The van der Waals surface area contributed by atoms with Gasteiger partial charge in [-0.05, 0) is 61.6 Å². The molecule has 2 amide bonds. The quantitative estimate of drug-likeness (QED) is 0.686. The summed E-state index contributed by atoms with van der Waals surface area (Å²) in [6, 6.07) is 6.98. The lowest BCUT2D eigenvalue weighted by Gasteiger charge is -2.34. The van der Waals surface area contributed by atoms with E-state index in [1.165, 1.54) is 17.1 Å². The van der Waals surface area contributed by atoms with E-state index in [0.717, 1.165) is 25.3 Å². The average molecular weight is 449 g/mol. The molecule has 0 spiro atoms. The molecule has 2 aromatic rings. The van der Waals surface area contributed by atoms with Crippen LogP contribution < -0.4 is 10.5 Å². The minimum Gasteiger partial charge on any atom is -0.497 e. The summed E-state index contributed by atoms with van der Waals surface area (Å²) in [6.45, 7) is 0.733. The third-order valence-electron chi connectivity index (χ3n) is 5.40. The number of halogens is 3. The van der Waals surface area contributed by atoms with Crippen LogP contribution in [0, 0.1) is 17.5 Å². The first-order valence-corrected chi connectivity index (χ1v) is 10.5. The molecule has 0 aliphatic carbocycles. The summed E-state index contributed by atoms with van der Waals surface area (Å²) in [7, 11) is 1.53. The van der Waals surface area contributed by atoms with Crippen molar-refractivity contribution in [2.45, 2.75) is 38.1 Å². The zero-order chi connectivity index (χ0) is 23.3. The van der Waals surface area contributed by atoms with Gasteiger partial charge in [-0.2, -0.15) is 0 Å². The molecule has 2 aromatic carbocycles. The third-order valence-corrected chi connectivity index (χ3v) is 5.40. The number of carbonyl (C=O) groups is 2. The van der Waals surface area contributed by atoms with Gasteiger partial charge < -0.3 is 10.5 Å². The number of nitrogens with two attached hydrogens (primary N) is 1. The fraction of sp³-hybridized carbons (Fsp3) is 0.391. The van der Waals surface area contributed by atoms with Crippen LogP contribution in [-0.4, -0.2) is 48.1 Å². The first-order chi connectivity index (χ1) is 15.3. The normalized spacial score (nSPS) is 15.3. The summed E-state index contributed by atoms with van der Waals surface area (Å²) < 4.78 is 45.6. The molecule has 9 heteroatoms. The topological polar surface area (TPSA) is 75.9 Å². The Morgan fingerprint density at radius 1 is 0.969 bits per heavy atom. The van der Waals surface area contributed by atoms with Crippen LogP contribution >= 0.6 is 0 Å². The Kier molecular flexibility index (Phi) is 7.74. The van der Waals surface area contributed by atoms with Gasteiger partial charge in [0, 0.05) is 37.2 Å². The molecule has 3 rings (SSSR count). The van der Waals surface area contributed by atoms with E-state index in [-0.39, 0.29) is 30.2 Å². The van der Waals surface area contributed by atoms with Crippen molar-refractivity contribution in [1.29, 1.82) is 0 Å². The highest BCUT2D eigenvalue weighted by molar-refractivity contribution is 5.95. The maximum atomic E-state index is 13.9. The molecule has 1 saturated heterocycles. The van der Waals surface area contributed by atoms with E-state index in [9.17, 15) is 22.8 Å². The lowest BCUT2D eigenvalue weighted by Crippen LogP contribution is -2.50. The Labute approximate surface area is 184 Å². The molecular formula is C23H26F3N3O3. The second kappa shape index (κ2) is 10.5. The van der Waals surface area contributed by atoms with Gasteiger partial charge in [0.2, 0.25) is 5.91 Å². The van der Waals surface area contributed by atoms with Crippen molar-refractivity contribution >= 4 is 11.8 Å². The third kappa shape index (κ3) is 5.59. The van der Waals surface area contributed by atoms with Crippen LogP contribution in [0.1, 0.15) is 41.6 Å². The van der Waals surface area contributed by atoms with Gasteiger partial charge in [-0.25, -0.2) is 18.2 Å². The Balaban J connectivity index is 1.72. The van der Waals surface area contributed by atoms with Crippen LogP contribution in [0.15, 0.2) is 36.4 Å². The molecule has 0 bridgehead atoms. The van der Waals surface area contributed by atoms with Crippen LogP contribution in [0.3, 0.4) is 0 Å². The average Bonchev–Trinajstić information content (AvgIpc) is 3.03. The van der Waals surface area contributed by atoms with Gasteiger partial charge in [-0.1, -0.05) is 0 Å². The summed E-state index contributed by atoms with van der Waals surface area (Å²) in [5, 5.41) is 2.81. The van der Waals surface area contributed by atoms with E-state index >= 15 is 0 Å². The Morgan fingerprint density at radius 3 is 2.25 bits per heavy atom. The predicted octanol–water partition coefficient (Wildman–Crippen LogP) is 3.44. The van der Waals surface area contributed by atoms with Gasteiger partial charge in [-0.3, -0.25) is 14.6 Å². The molecule has 1 aliphatic heterocycles. The Hall–Kier alpha value is -3.07. The van der Waals surface area contributed by atoms with Gasteiger partial charge in [-0.15, -0.1) is 0 Å². The minimum absolute atomic E-state index is 0.105. The molecule has 1 atom stereocenters. The smallest absolute Gasteiger partial charge is 0.272 e. The van der Waals surface area contributed by atoms with Crippen molar-refractivity contribution in [3.8, 4) is 5.75 Å². The van der Waals surface area contributed by atoms with Gasteiger partial charge in [0.1, 0.15) is 11.6 Å². The molecule has 6 nitrogen and oxygen atoms in total. The summed E-state index contributed by atoms with van der Waals surface area (Å²) in [4.78, 5) is 26.1. The number of nitrogens with zero attached hydrogens (tertiary/aromatic N) is 2. The fourth-order valence-corrected chi connectivity index (χ4v) is 3.70. The number of amides is 2. The van der Waals surface area contributed by atoms with Crippen molar-refractivity contribution in [2.75, 3.05) is 20.2 Å². The van der Waals surface area contributed by atoms with E-state index in [4.69, 9.17) is 10.5 Å². The lowest BCUT2D eigenvalue weighted by atomic mass is 10.0. The number of benzene rings is 2. The first-order valence-electron chi connectivity index (χ1n) is 10.5. The monoisotopic (exact) mass is 449 g/mol. The summed E-state index contributed by atoms with van der Waals surface area (Å²) in [5.74, 6) is -3.47. The van der Waals surface area contributed by atoms with Gasteiger partial charge in [0.25, 0.3) is 5.91 Å². The van der Waals surface area contributed by atoms with Crippen molar-refractivity contribution in [2.24, 2.45) is 5.73 Å². The minimum atomic E-state index is -1.28. The maximum absolute atomic E-state index is 13.9. The predicted molar refractivity (Wildman–Crippen MR) is 112 cm³/mol. The zero-order valence-electron chi connectivity index (χ0n) is 17.8. The lowest BCUT2D eigenvalue weighted by molar-refractivity contribution is -0.144. The van der Waals surface area contributed by atoms with Crippen molar-refractivity contribution in [1.82, 2.24) is 10.0 Å². The molecule has 2 N–H and O–H groups in total. The number of hydrogen-bond donors (Lipinski definition) is 1. The standard InChI is InChI=1S/C23H26F3N3O3/c1-32-18-7-5-15(6-8-18)23(31)29-10-4-2-3-9-28(29)22(30)13-17(27)11-16-12-20(25)21(26)14-19(16)24/h5-8,12,14,17H,2-4,9-11,13,27H2,1H3/t17-/m1/s1.